The number of carbonyl (C=O) groups excluding carboxylic acids is 1. The Morgan fingerprint density at radius 2 is 2.10 bits per heavy atom. The first-order chi connectivity index (χ1) is 9.65. The van der Waals surface area contributed by atoms with Gasteiger partial charge in [0.25, 0.3) is 5.91 Å². The van der Waals surface area contributed by atoms with Crippen LogP contribution in [0, 0.1) is 0 Å². The van der Waals surface area contributed by atoms with Gasteiger partial charge < -0.3 is 14.6 Å². The highest BCUT2D eigenvalue weighted by molar-refractivity contribution is 5.93. The second-order valence-corrected chi connectivity index (χ2v) is 5.91. The molecule has 0 radical (unpaired) electrons. The Morgan fingerprint density at radius 1 is 1.40 bits per heavy atom. The van der Waals surface area contributed by atoms with E-state index in [1.165, 1.54) is 19.3 Å². The van der Waals surface area contributed by atoms with Crippen LogP contribution >= 0.6 is 0 Å². The molecule has 1 aliphatic rings. The molecule has 1 aliphatic carbocycles. The molecule has 2 rings (SSSR count). The van der Waals surface area contributed by atoms with Crippen molar-refractivity contribution in [1.29, 1.82) is 0 Å². The van der Waals surface area contributed by atoms with E-state index in [4.69, 9.17) is 0 Å². The van der Waals surface area contributed by atoms with Gasteiger partial charge in [0.2, 0.25) is 0 Å². The molecule has 1 fully saturated rings. The van der Waals surface area contributed by atoms with Crippen LogP contribution in [0.15, 0.2) is 18.3 Å². The first-order valence-corrected chi connectivity index (χ1v) is 7.73. The summed E-state index contributed by atoms with van der Waals surface area (Å²) in [5.74, 6) is 0.0599. The van der Waals surface area contributed by atoms with Crippen molar-refractivity contribution in [2.75, 3.05) is 13.2 Å². The second kappa shape index (κ2) is 6.93. The lowest BCUT2D eigenvalue weighted by atomic mass is 9.94. The molecule has 1 N–H and O–H groups in total. The van der Waals surface area contributed by atoms with Crippen LogP contribution in [0.4, 0.5) is 0 Å². The van der Waals surface area contributed by atoms with Crippen LogP contribution < -0.4 is 0 Å². The topological polar surface area (TPSA) is 45.5 Å². The molecule has 1 saturated carbocycles. The number of nitrogens with zero attached hydrogens (tertiary/aromatic N) is 2. The third-order valence-corrected chi connectivity index (χ3v) is 4.17. The third kappa shape index (κ3) is 3.23. The fourth-order valence-corrected chi connectivity index (χ4v) is 3.12. The minimum absolute atomic E-state index is 0.0324. The Bertz CT molecular complexity index is 433. The van der Waals surface area contributed by atoms with Crippen LogP contribution in [-0.2, 0) is 0 Å². The fourth-order valence-electron chi connectivity index (χ4n) is 3.12. The number of aliphatic hydroxyl groups is 1. The Morgan fingerprint density at radius 3 is 2.70 bits per heavy atom. The van der Waals surface area contributed by atoms with E-state index >= 15 is 0 Å². The first-order valence-electron chi connectivity index (χ1n) is 7.73. The quantitative estimate of drug-likeness (QED) is 0.900. The minimum Gasteiger partial charge on any atom is -0.395 e. The molecule has 0 spiro atoms. The molecule has 4 heteroatoms. The zero-order valence-corrected chi connectivity index (χ0v) is 12.6. The number of rotatable bonds is 5. The Hall–Kier alpha value is -1.29. The zero-order valence-electron chi connectivity index (χ0n) is 12.6. The molecule has 1 heterocycles. The van der Waals surface area contributed by atoms with Gasteiger partial charge in [-0.1, -0.05) is 19.3 Å². The molecule has 112 valence electrons. The van der Waals surface area contributed by atoms with Gasteiger partial charge in [-0.2, -0.15) is 0 Å². The molecule has 1 aromatic rings. The number of hydrogen-bond acceptors (Lipinski definition) is 2. The molecule has 20 heavy (non-hydrogen) atoms. The monoisotopic (exact) mass is 278 g/mol. The van der Waals surface area contributed by atoms with E-state index in [9.17, 15) is 9.90 Å². The maximum Gasteiger partial charge on any atom is 0.270 e. The maximum absolute atomic E-state index is 12.8. The summed E-state index contributed by atoms with van der Waals surface area (Å²) in [6, 6.07) is 4.37. The summed E-state index contributed by atoms with van der Waals surface area (Å²) in [6.07, 6.45) is 7.72. The number of hydrogen-bond donors (Lipinski definition) is 1. The van der Waals surface area contributed by atoms with Gasteiger partial charge in [-0.15, -0.1) is 0 Å². The highest BCUT2D eigenvalue weighted by Gasteiger charge is 2.27. The summed E-state index contributed by atoms with van der Waals surface area (Å²) in [4.78, 5) is 14.7. The summed E-state index contributed by atoms with van der Waals surface area (Å²) >= 11 is 0. The molecule has 0 atom stereocenters. The van der Waals surface area contributed by atoms with Crippen molar-refractivity contribution in [2.24, 2.45) is 0 Å². The minimum atomic E-state index is 0.0324. The number of aromatic nitrogens is 1. The van der Waals surface area contributed by atoms with E-state index in [1.807, 2.05) is 27.8 Å². The molecule has 1 amide bonds. The maximum atomic E-state index is 12.8. The smallest absolute Gasteiger partial charge is 0.270 e. The van der Waals surface area contributed by atoms with Gasteiger partial charge in [0.1, 0.15) is 5.69 Å². The van der Waals surface area contributed by atoms with Gasteiger partial charge in [0, 0.05) is 24.8 Å². The van der Waals surface area contributed by atoms with Gasteiger partial charge in [0.15, 0.2) is 0 Å². The SMILES string of the molecule is CC(C)n1cccc1C(=O)N(CCO)C1CCCCC1. The number of aliphatic hydroxyl groups excluding tert-OH is 1. The van der Waals surface area contributed by atoms with Crippen LogP contribution in [0.5, 0.6) is 0 Å². The molecular weight excluding hydrogens is 252 g/mol. The molecular formula is C16H26N2O2. The van der Waals surface area contributed by atoms with Crippen LogP contribution in [0.1, 0.15) is 62.5 Å². The van der Waals surface area contributed by atoms with Crippen molar-refractivity contribution < 1.29 is 9.90 Å². The predicted molar refractivity (Wildman–Crippen MR) is 79.8 cm³/mol. The zero-order chi connectivity index (χ0) is 14.5. The van der Waals surface area contributed by atoms with Crippen molar-refractivity contribution in [2.45, 2.75) is 58.0 Å². The van der Waals surface area contributed by atoms with Gasteiger partial charge >= 0.3 is 0 Å². The lowest BCUT2D eigenvalue weighted by Gasteiger charge is -2.34. The van der Waals surface area contributed by atoms with Gasteiger partial charge in [-0.25, -0.2) is 0 Å². The summed E-state index contributed by atoms with van der Waals surface area (Å²) in [6.45, 7) is 4.62. The normalized spacial score (nSPS) is 16.6. The van der Waals surface area contributed by atoms with E-state index in [1.54, 1.807) is 0 Å². The summed E-state index contributed by atoms with van der Waals surface area (Å²) in [5.41, 5.74) is 0.735. The lowest BCUT2D eigenvalue weighted by molar-refractivity contribution is 0.0573. The van der Waals surface area contributed by atoms with Crippen LogP contribution in [0.2, 0.25) is 0 Å². The molecule has 0 aliphatic heterocycles. The van der Waals surface area contributed by atoms with E-state index in [0.717, 1.165) is 18.5 Å². The van der Waals surface area contributed by atoms with Crippen molar-refractivity contribution in [1.82, 2.24) is 9.47 Å². The van der Waals surface area contributed by atoms with Crippen LogP contribution in [-0.4, -0.2) is 39.7 Å². The lowest BCUT2D eigenvalue weighted by Crippen LogP contribution is -2.43. The van der Waals surface area contributed by atoms with E-state index in [0.29, 0.717) is 12.6 Å². The van der Waals surface area contributed by atoms with E-state index in [-0.39, 0.29) is 18.6 Å². The molecule has 4 nitrogen and oxygen atoms in total. The number of carbonyl (C=O) groups is 1. The van der Waals surface area contributed by atoms with Gasteiger partial charge in [0.05, 0.1) is 6.61 Å². The summed E-state index contributed by atoms with van der Waals surface area (Å²) < 4.78 is 2.01. The molecule has 0 bridgehead atoms. The Balaban J connectivity index is 2.19. The number of amides is 1. The van der Waals surface area contributed by atoms with Crippen molar-refractivity contribution >= 4 is 5.91 Å². The van der Waals surface area contributed by atoms with E-state index in [2.05, 4.69) is 13.8 Å². The van der Waals surface area contributed by atoms with E-state index < -0.39 is 0 Å². The molecule has 1 aromatic heterocycles. The van der Waals surface area contributed by atoms with Crippen LogP contribution in [0.3, 0.4) is 0 Å². The van der Waals surface area contributed by atoms with Gasteiger partial charge in [-0.3, -0.25) is 4.79 Å². The van der Waals surface area contributed by atoms with Crippen molar-refractivity contribution in [3.8, 4) is 0 Å². The highest BCUT2D eigenvalue weighted by atomic mass is 16.3. The first kappa shape index (κ1) is 15.1. The third-order valence-electron chi connectivity index (χ3n) is 4.17. The highest BCUT2D eigenvalue weighted by Crippen LogP contribution is 2.24. The summed E-state index contributed by atoms with van der Waals surface area (Å²) in [5, 5.41) is 9.29. The Labute approximate surface area is 121 Å². The van der Waals surface area contributed by atoms with Gasteiger partial charge in [-0.05, 0) is 38.8 Å². The average Bonchev–Trinajstić information content (AvgIpc) is 2.94. The summed E-state index contributed by atoms with van der Waals surface area (Å²) in [7, 11) is 0. The van der Waals surface area contributed by atoms with Crippen LogP contribution in [0.25, 0.3) is 0 Å². The van der Waals surface area contributed by atoms with Crippen molar-refractivity contribution in [3.63, 3.8) is 0 Å². The largest absolute Gasteiger partial charge is 0.395 e. The molecule has 0 saturated heterocycles. The average molecular weight is 278 g/mol. The standard InChI is InChI=1S/C16H26N2O2/c1-13(2)17-10-6-9-15(17)16(20)18(11-12-19)14-7-4-3-5-8-14/h6,9-10,13-14,19H,3-5,7-8,11-12H2,1-2H3. The molecule has 0 unspecified atom stereocenters. The predicted octanol–water partition coefficient (Wildman–Crippen LogP) is 2.84. The fraction of sp³-hybridized carbons (Fsp3) is 0.688. The second-order valence-electron chi connectivity index (χ2n) is 5.91. The van der Waals surface area contributed by atoms with Crippen molar-refractivity contribution in [3.05, 3.63) is 24.0 Å². The molecule has 0 aromatic carbocycles. The Kier molecular flexibility index (Phi) is 5.24.